The van der Waals surface area contributed by atoms with Gasteiger partial charge in [0.2, 0.25) is 0 Å². The molecule has 24 heavy (non-hydrogen) atoms. The van der Waals surface area contributed by atoms with E-state index in [4.69, 9.17) is 0 Å². The van der Waals surface area contributed by atoms with Gasteiger partial charge in [-0.3, -0.25) is 4.79 Å². The lowest BCUT2D eigenvalue weighted by molar-refractivity contribution is -0.903. The molecule has 0 fully saturated rings. The Morgan fingerprint density at radius 2 is 1.79 bits per heavy atom. The number of likely N-dealkylation sites (N-methyl/N-ethyl adjacent to an activating group) is 1. The average molecular weight is 330 g/mol. The van der Waals surface area contributed by atoms with Gasteiger partial charge in [0, 0.05) is 25.3 Å². The number of anilines is 2. The Labute approximate surface area is 142 Å². The van der Waals surface area contributed by atoms with Crippen molar-refractivity contribution in [1.29, 1.82) is 0 Å². The predicted octanol–water partition coefficient (Wildman–Crippen LogP) is 1.94. The minimum Gasteiger partial charge on any atom is -0.378 e. The summed E-state index contributed by atoms with van der Waals surface area (Å²) in [6.07, 6.45) is 0. The third kappa shape index (κ3) is 5.06. The molecule has 2 rings (SSSR count). The van der Waals surface area contributed by atoms with Crippen molar-refractivity contribution in [3.8, 4) is 0 Å². The second-order valence-electron chi connectivity index (χ2n) is 6.05. The number of amides is 1. The highest BCUT2D eigenvalue weighted by molar-refractivity contribution is 5.91. The Balaban J connectivity index is 1.94. The number of carbonyl (C=O) groups excluding carboxylic acids is 1. The second-order valence-corrected chi connectivity index (χ2v) is 6.05. The van der Waals surface area contributed by atoms with Crippen LogP contribution in [0.25, 0.3) is 0 Å². The van der Waals surface area contributed by atoms with Gasteiger partial charge in [0.05, 0.1) is 12.2 Å². The summed E-state index contributed by atoms with van der Waals surface area (Å²) in [4.78, 5) is 15.3. The van der Waals surface area contributed by atoms with Crippen molar-refractivity contribution in [2.75, 3.05) is 37.4 Å². The van der Waals surface area contributed by atoms with E-state index in [1.807, 2.05) is 21.0 Å². The maximum absolute atomic E-state index is 13.6. The third-order valence-electron chi connectivity index (χ3n) is 3.97. The van der Waals surface area contributed by atoms with Crippen molar-refractivity contribution >= 4 is 17.3 Å². The van der Waals surface area contributed by atoms with Gasteiger partial charge in [-0.2, -0.15) is 0 Å². The van der Waals surface area contributed by atoms with Crippen molar-refractivity contribution in [3.63, 3.8) is 0 Å². The number of nitrogens with one attached hydrogen (secondary N) is 2. The van der Waals surface area contributed by atoms with Gasteiger partial charge < -0.3 is 15.1 Å². The normalized spacial score (nSPS) is 11.8. The van der Waals surface area contributed by atoms with Gasteiger partial charge >= 0.3 is 0 Å². The van der Waals surface area contributed by atoms with Crippen LogP contribution in [0.1, 0.15) is 12.5 Å². The second kappa shape index (κ2) is 8.45. The molecule has 1 atom stereocenters. The lowest BCUT2D eigenvalue weighted by Gasteiger charge is -2.18. The first kappa shape index (κ1) is 17.9. The molecule has 0 saturated carbocycles. The molecular formula is C19H25FN3O+. The van der Waals surface area contributed by atoms with Gasteiger partial charge in [-0.1, -0.05) is 24.3 Å². The maximum atomic E-state index is 13.6. The Morgan fingerprint density at radius 1 is 1.12 bits per heavy atom. The van der Waals surface area contributed by atoms with Crippen LogP contribution < -0.4 is 15.1 Å². The predicted molar refractivity (Wildman–Crippen MR) is 95.9 cm³/mol. The van der Waals surface area contributed by atoms with E-state index in [0.717, 1.165) is 23.7 Å². The topological polar surface area (TPSA) is 36.8 Å². The molecule has 0 saturated heterocycles. The number of para-hydroxylation sites is 1. The molecule has 2 aromatic rings. The fourth-order valence-electron chi connectivity index (χ4n) is 2.50. The van der Waals surface area contributed by atoms with E-state index in [1.165, 1.54) is 11.6 Å². The van der Waals surface area contributed by atoms with Gasteiger partial charge in [-0.15, -0.1) is 0 Å². The van der Waals surface area contributed by atoms with Crippen LogP contribution in [0.15, 0.2) is 48.5 Å². The minimum absolute atomic E-state index is 0.179. The van der Waals surface area contributed by atoms with Gasteiger partial charge in [0.25, 0.3) is 5.91 Å². The monoisotopic (exact) mass is 330 g/mol. The van der Waals surface area contributed by atoms with Crippen LogP contribution in [0.3, 0.4) is 0 Å². The number of nitrogens with zero attached hydrogens (tertiary/aromatic N) is 1. The van der Waals surface area contributed by atoms with Crippen LogP contribution in [0.2, 0.25) is 0 Å². The molecule has 0 aromatic heterocycles. The number of benzene rings is 2. The smallest absolute Gasteiger partial charge is 0.279 e. The largest absolute Gasteiger partial charge is 0.378 e. The highest BCUT2D eigenvalue weighted by atomic mass is 19.1. The Morgan fingerprint density at radius 3 is 2.38 bits per heavy atom. The number of rotatable bonds is 7. The molecule has 1 unspecified atom stereocenters. The lowest BCUT2D eigenvalue weighted by Crippen LogP contribution is -3.11. The fourth-order valence-corrected chi connectivity index (χ4v) is 2.50. The SMILES string of the molecule is CC[NH+](CC(=O)Nc1ccccc1F)Cc1ccc(N(C)C)cc1. The van der Waals surface area contributed by atoms with Crippen LogP contribution in [0, 0.1) is 5.82 Å². The Kier molecular flexibility index (Phi) is 6.32. The number of hydrogen-bond donors (Lipinski definition) is 2. The van der Waals surface area contributed by atoms with Crippen molar-refractivity contribution in [2.45, 2.75) is 13.5 Å². The summed E-state index contributed by atoms with van der Waals surface area (Å²) in [6.45, 7) is 3.93. The van der Waals surface area contributed by atoms with E-state index in [2.05, 4.69) is 34.5 Å². The Bertz CT molecular complexity index is 671. The van der Waals surface area contributed by atoms with Crippen molar-refractivity contribution in [1.82, 2.24) is 0 Å². The van der Waals surface area contributed by atoms with E-state index in [-0.39, 0.29) is 11.6 Å². The quantitative estimate of drug-likeness (QED) is 0.814. The maximum Gasteiger partial charge on any atom is 0.279 e. The summed E-state index contributed by atoms with van der Waals surface area (Å²) in [6, 6.07) is 14.5. The number of quaternary nitrogens is 1. The molecule has 0 bridgehead atoms. The summed E-state index contributed by atoms with van der Waals surface area (Å²) >= 11 is 0. The van der Waals surface area contributed by atoms with Crippen molar-refractivity contribution < 1.29 is 14.1 Å². The van der Waals surface area contributed by atoms with Gasteiger partial charge in [0.15, 0.2) is 6.54 Å². The molecule has 0 aliphatic heterocycles. The zero-order chi connectivity index (χ0) is 17.5. The molecule has 4 nitrogen and oxygen atoms in total. The molecule has 0 aliphatic carbocycles. The molecule has 0 radical (unpaired) electrons. The van der Waals surface area contributed by atoms with E-state index in [1.54, 1.807) is 18.2 Å². The van der Waals surface area contributed by atoms with Gasteiger partial charge in [0.1, 0.15) is 12.4 Å². The first-order valence-electron chi connectivity index (χ1n) is 8.13. The molecule has 2 aromatic carbocycles. The van der Waals surface area contributed by atoms with E-state index in [0.29, 0.717) is 6.54 Å². The standard InChI is InChI=1S/C19H24FN3O/c1-4-23(13-15-9-11-16(12-10-15)22(2)3)14-19(24)21-18-8-6-5-7-17(18)20/h5-12H,4,13-14H2,1-3H3,(H,21,24)/p+1. The molecule has 0 heterocycles. The van der Waals surface area contributed by atoms with Crippen LogP contribution in [0.4, 0.5) is 15.8 Å². The van der Waals surface area contributed by atoms with Crippen LogP contribution in [-0.2, 0) is 11.3 Å². The van der Waals surface area contributed by atoms with Crippen LogP contribution in [0.5, 0.6) is 0 Å². The molecule has 0 spiro atoms. The summed E-state index contributed by atoms with van der Waals surface area (Å²) < 4.78 is 13.6. The summed E-state index contributed by atoms with van der Waals surface area (Å²) in [5.74, 6) is -0.593. The summed E-state index contributed by atoms with van der Waals surface area (Å²) in [7, 11) is 4.01. The number of hydrogen-bond acceptors (Lipinski definition) is 2. The molecule has 128 valence electrons. The van der Waals surface area contributed by atoms with Gasteiger partial charge in [-0.25, -0.2) is 4.39 Å². The molecule has 5 heteroatoms. The first-order valence-corrected chi connectivity index (χ1v) is 8.13. The number of halogens is 1. The highest BCUT2D eigenvalue weighted by Crippen LogP contribution is 2.12. The minimum atomic E-state index is -0.414. The zero-order valence-corrected chi connectivity index (χ0v) is 14.5. The molecule has 2 N–H and O–H groups in total. The third-order valence-corrected chi connectivity index (χ3v) is 3.97. The summed E-state index contributed by atoms with van der Waals surface area (Å²) in [5.41, 5.74) is 2.55. The summed E-state index contributed by atoms with van der Waals surface area (Å²) in [5, 5.41) is 2.64. The Hall–Kier alpha value is -2.40. The highest BCUT2D eigenvalue weighted by Gasteiger charge is 2.14. The number of carbonyl (C=O) groups is 1. The average Bonchev–Trinajstić information content (AvgIpc) is 2.56. The van der Waals surface area contributed by atoms with E-state index in [9.17, 15) is 9.18 Å². The first-order chi connectivity index (χ1) is 11.5. The zero-order valence-electron chi connectivity index (χ0n) is 14.5. The van der Waals surface area contributed by atoms with E-state index >= 15 is 0 Å². The van der Waals surface area contributed by atoms with Crippen LogP contribution in [-0.4, -0.2) is 33.1 Å². The molecule has 0 aliphatic rings. The van der Waals surface area contributed by atoms with Crippen molar-refractivity contribution in [3.05, 3.63) is 59.9 Å². The fraction of sp³-hybridized carbons (Fsp3) is 0.316. The molecular weight excluding hydrogens is 305 g/mol. The van der Waals surface area contributed by atoms with Crippen LogP contribution >= 0.6 is 0 Å². The van der Waals surface area contributed by atoms with Crippen molar-refractivity contribution in [2.24, 2.45) is 0 Å². The molecule has 1 amide bonds. The van der Waals surface area contributed by atoms with E-state index < -0.39 is 5.82 Å². The van der Waals surface area contributed by atoms with Gasteiger partial charge in [-0.05, 0) is 31.2 Å². The lowest BCUT2D eigenvalue weighted by atomic mass is 10.2.